The molecule has 3 aromatic rings. The maximum absolute atomic E-state index is 5.70. The van der Waals surface area contributed by atoms with Crippen molar-refractivity contribution < 1.29 is 0 Å². The van der Waals surface area contributed by atoms with E-state index in [-0.39, 0.29) is 6.04 Å². The first-order valence-corrected chi connectivity index (χ1v) is 7.48. The van der Waals surface area contributed by atoms with Crippen molar-refractivity contribution in [3.05, 3.63) is 70.5 Å². The topological polar surface area (TPSA) is 63.8 Å². The summed E-state index contributed by atoms with van der Waals surface area (Å²) in [5.41, 5.74) is 6.64. The average molecular weight is 343 g/mol. The fourth-order valence-corrected chi connectivity index (χ4v) is 2.51. The number of nitrogens with one attached hydrogen (secondary N) is 1. The zero-order valence-electron chi connectivity index (χ0n) is 11.3. The summed E-state index contributed by atoms with van der Waals surface area (Å²) < 4.78 is 1.06. The second-order valence-electron chi connectivity index (χ2n) is 4.83. The summed E-state index contributed by atoms with van der Waals surface area (Å²) in [6.07, 6.45) is 2.54. The van der Waals surface area contributed by atoms with E-state index >= 15 is 0 Å². The summed E-state index contributed by atoms with van der Waals surface area (Å²) in [5, 5.41) is 0. The lowest BCUT2D eigenvalue weighted by molar-refractivity contribution is 0.538. The van der Waals surface area contributed by atoms with Crippen molar-refractivity contribution in [3.8, 4) is 0 Å². The first-order chi connectivity index (χ1) is 10.3. The normalized spacial score (nSPS) is 12.5. The van der Waals surface area contributed by atoms with E-state index in [1.165, 1.54) is 5.56 Å². The van der Waals surface area contributed by atoms with Crippen molar-refractivity contribution >= 4 is 27.0 Å². The molecule has 2 aromatic carbocycles. The molecular formula is C16H15BrN4. The van der Waals surface area contributed by atoms with E-state index in [9.17, 15) is 0 Å². The fraction of sp³-hybridized carbons (Fsp3) is 0.125. The van der Waals surface area contributed by atoms with Crippen molar-refractivity contribution in [2.45, 2.75) is 12.5 Å². The number of nitrogens with two attached hydrogens (primary N) is 1. The minimum absolute atomic E-state index is 0.0664. The Balaban J connectivity index is 1.88. The minimum Gasteiger partial charge on any atom is -0.271 e. The number of rotatable bonds is 4. The van der Waals surface area contributed by atoms with Gasteiger partial charge in [-0.1, -0.05) is 40.2 Å². The van der Waals surface area contributed by atoms with E-state index in [0.717, 1.165) is 27.6 Å². The molecular weight excluding hydrogens is 328 g/mol. The van der Waals surface area contributed by atoms with Crippen molar-refractivity contribution in [2.24, 2.45) is 5.84 Å². The summed E-state index contributed by atoms with van der Waals surface area (Å²) in [6, 6.07) is 15.9. The van der Waals surface area contributed by atoms with Gasteiger partial charge in [0.05, 0.1) is 29.0 Å². The molecule has 0 radical (unpaired) electrons. The van der Waals surface area contributed by atoms with E-state index in [1.807, 2.05) is 36.4 Å². The summed E-state index contributed by atoms with van der Waals surface area (Å²) in [4.78, 5) is 9.09. The van der Waals surface area contributed by atoms with Gasteiger partial charge in [-0.2, -0.15) is 0 Å². The van der Waals surface area contributed by atoms with Crippen LogP contribution in [0.15, 0.2) is 59.2 Å². The molecule has 0 bridgehead atoms. The molecule has 0 aliphatic rings. The fourth-order valence-electron chi connectivity index (χ4n) is 2.24. The molecule has 0 aliphatic heterocycles. The first kappa shape index (κ1) is 14.1. The van der Waals surface area contributed by atoms with Crippen LogP contribution in [0.4, 0.5) is 0 Å². The molecule has 0 aliphatic carbocycles. The summed E-state index contributed by atoms with van der Waals surface area (Å²) in [6.45, 7) is 0. The average Bonchev–Trinajstić information content (AvgIpc) is 2.54. The molecule has 106 valence electrons. The monoisotopic (exact) mass is 342 g/mol. The Morgan fingerprint density at radius 3 is 2.48 bits per heavy atom. The van der Waals surface area contributed by atoms with Crippen LogP contribution in [-0.2, 0) is 6.42 Å². The van der Waals surface area contributed by atoms with Gasteiger partial charge in [0.1, 0.15) is 0 Å². The summed E-state index contributed by atoms with van der Waals surface area (Å²) in [7, 11) is 0. The van der Waals surface area contributed by atoms with Gasteiger partial charge in [0.2, 0.25) is 0 Å². The van der Waals surface area contributed by atoms with Gasteiger partial charge in [-0.25, -0.2) is 4.98 Å². The second-order valence-corrected chi connectivity index (χ2v) is 5.75. The van der Waals surface area contributed by atoms with E-state index in [4.69, 9.17) is 5.84 Å². The van der Waals surface area contributed by atoms with Crippen molar-refractivity contribution in [1.82, 2.24) is 15.4 Å². The first-order valence-electron chi connectivity index (χ1n) is 6.68. The lowest BCUT2D eigenvalue weighted by Crippen LogP contribution is -2.30. The number of hydrogen-bond acceptors (Lipinski definition) is 4. The lowest BCUT2D eigenvalue weighted by atomic mass is 10.0. The van der Waals surface area contributed by atoms with Crippen molar-refractivity contribution in [1.29, 1.82) is 0 Å². The Bertz CT molecular complexity index is 743. The number of para-hydroxylation sites is 2. The molecule has 0 saturated heterocycles. The highest BCUT2D eigenvalue weighted by Gasteiger charge is 2.13. The van der Waals surface area contributed by atoms with Gasteiger partial charge in [-0.3, -0.25) is 16.3 Å². The van der Waals surface area contributed by atoms with Gasteiger partial charge in [0.25, 0.3) is 0 Å². The molecule has 4 nitrogen and oxygen atoms in total. The van der Waals surface area contributed by atoms with Gasteiger partial charge in [-0.05, 0) is 36.2 Å². The van der Waals surface area contributed by atoms with Crippen molar-refractivity contribution in [3.63, 3.8) is 0 Å². The molecule has 3 rings (SSSR count). The molecule has 5 heteroatoms. The van der Waals surface area contributed by atoms with E-state index < -0.39 is 0 Å². The second kappa shape index (κ2) is 6.30. The van der Waals surface area contributed by atoms with E-state index in [0.29, 0.717) is 0 Å². The highest BCUT2D eigenvalue weighted by Crippen LogP contribution is 2.19. The maximum Gasteiger partial charge on any atom is 0.0890 e. The molecule has 1 unspecified atom stereocenters. The highest BCUT2D eigenvalue weighted by atomic mass is 79.9. The Labute approximate surface area is 131 Å². The predicted molar refractivity (Wildman–Crippen MR) is 87.4 cm³/mol. The molecule has 21 heavy (non-hydrogen) atoms. The lowest BCUT2D eigenvalue weighted by Gasteiger charge is -2.15. The summed E-state index contributed by atoms with van der Waals surface area (Å²) in [5.74, 6) is 5.70. The van der Waals surface area contributed by atoms with E-state index in [2.05, 4.69) is 43.5 Å². The standard InChI is InChI=1S/C16H15BrN4/c17-12-7-5-11(6-8-12)9-15(21-18)16-10-19-13-3-1-2-4-14(13)20-16/h1-8,10,15,21H,9,18H2. The number of fused-ring (bicyclic) bond motifs is 1. The highest BCUT2D eigenvalue weighted by molar-refractivity contribution is 9.10. The molecule has 3 N–H and O–H groups in total. The van der Waals surface area contributed by atoms with Crippen LogP contribution >= 0.6 is 15.9 Å². The van der Waals surface area contributed by atoms with Gasteiger partial charge in [0, 0.05) is 4.47 Å². The number of hydrogen-bond donors (Lipinski definition) is 2. The number of nitrogens with zero attached hydrogens (tertiary/aromatic N) is 2. The van der Waals surface area contributed by atoms with Crippen LogP contribution in [0.5, 0.6) is 0 Å². The largest absolute Gasteiger partial charge is 0.271 e. The Hall–Kier alpha value is -1.82. The third-order valence-electron chi connectivity index (χ3n) is 3.38. The van der Waals surface area contributed by atoms with Crippen LogP contribution in [0.2, 0.25) is 0 Å². The zero-order chi connectivity index (χ0) is 14.7. The van der Waals surface area contributed by atoms with Crippen LogP contribution in [0.3, 0.4) is 0 Å². The maximum atomic E-state index is 5.70. The number of aromatic nitrogens is 2. The van der Waals surface area contributed by atoms with Gasteiger partial charge in [0.15, 0.2) is 0 Å². The van der Waals surface area contributed by atoms with Gasteiger partial charge in [-0.15, -0.1) is 0 Å². The number of hydrazine groups is 1. The Kier molecular flexibility index (Phi) is 4.24. The molecule has 1 heterocycles. The number of halogens is 1. The SMILES string of the molecule is NNC(Cc1ccc(Br)cc1)c1cnc2ccccc2n1. The third-order valence-corrected chi connectivity index (χ3v) is 3.91. The molecule has 0 spiro atoms. The Morgan fingerprint density at radius 2 is 1.76 bits per heavy atom. The van der Waals surface area contributed by atoms with Gasteiger partial charge >= 0.3 is 0 Å². The summed E-state index contributed by atoms with van der Waals surface area (Å²) >= 11 is 3.44. The van der Waals surface area contributed by atoms with Crippen LogP contribution in [0.25, 0.3) is 11.0 Å². The zero-order valence-corrected chi connectivity index (χ0v) is 12.9. The van der Waals surface area contributed by atoms with Crippen LogP contribution in [0, 0.1) is 0 Å². The number of benzene rings is 2. The van der Waals surface area contributed by atoms with E-state index in [1.54, 1.807) is 6.20 Å². The molecule has 1 atom stereocenters. The van der Waals surface area contributed by atoms with Crippen LogP contribution in [0.1, 0.15) is 17.3 Å². The Morgan fingerprint density at radius 1 is 1.05 bits per heavy atom. The van der Waals surface area contributed by atoms with Gasteiger partial charge < -0.3 is 0 Å². The predicted octanol–water partition coefficient (Wildman–Crippen LogP) is 3.14. The third kappa shape index (κ3) is 3.26. The quantitative estimate of drug-likeness (QED) is 0.564. The smallest absolute Gasteiger partial charge is 0.0890 e. The van der Waals surface area contributed by atoms with Crippen LogP contribution in [-0.4, -0.2) is 9.97 Å². The molecule has 1 aromatic heterocycles. The van der Waals surface area contributed by atoms with Crippen LogP contribution < -0.4 is 11.3 Å². The molecule has 0 amide bonds. The molecule has 0 saturated carbocycles. The molecule has 0 fully saturated rings. The minimum atomic E-state index is -0.0664. The van der Waals surface area contributed by atoms with Crippen molar-refractivity contribution in [2.75, 3.05) is 0 Å².